The summed E-state index contributed by atoms with van der Waals surface area (Å²) in [6.45, 7) is 4.78. The molecule has 79 heavy (non-hydrogen) atoms. The maximum Gasteiger partial charge on any atom is 0.135 e. The number of para-hydroxylation sites is 5. The summed E-state index contributed by atoms with van der Waals surface area (Å²) in [4.78, 5) is 2.41. The van der Waals surface area contributed by atoms with Crippen molar-refractivity contribution in [1.82, 2.24) is 9.13 Å². The van der Waals surface area contributed by atoms with E-state index in [9.17, 15) is 0 Å². The number of benzene rings is 12. The molecule has 0 radical (unpaired) electrons. The van der Waals surface area contributed by atoms with E-state index in [0.29, 0.717) is 0 Å². The van der Waals surface area contributed by atoms with Gasteiger partial charge in [0.15, 0.2) is 0 Å². The normalized spacial score (nSPS) is 12.8. The number of aromatic nitrogens is 2. The van der Waals surface area contributed by atoms with E-state index < -0.39 is 0 Å². The molecule has 4 nitrogen and oxygen atoms in total. The predicted molar refractivity (Wildman–Crippen MR) is 331 cm³/mol. The van der Waals surface area contributed by atoms with Crippen molar-refractivity contribution in [2.45, 2.75) is 19.3 Å². The molecule has 0 spiro atoms. The van der Waals surface area contributed by atoms with Crippen LogP contribution in [0.5, 0.6) is 0 Å². The molecule has 0 N–H and O–H groups in total. The second-order valence-corrected chi connectivity index (χ2v) is 21.7. The molecule has 0 fully saturated rings. The van der Waals surface area contributed by atoms with Crippen LogP contribution in [0.1, 0.15) is 25.0 Å². The highest BCUT2D eigenvalue weighted by atomic mass is 16.3. The Morgan fingerprint density at radius 1 is 0.291 bits per heavy atom. The minimum Gasteiger partial charge on any atom is -0.456 e. The third kappa shape index (κ3) is 7.08. The second-order valence-electron chi connectivity index (χ2n) is 21.7. The van der Waals surface area contributed by atoms with Crippen molar-refractivity contribution in [2.75, 3.05) is 4.90 Å². The summed E-state index contributed by atoms with van der Waals surface area (Å²) in [7, 11) is 0. The lowest BCUT2D eigenvalue weighted by Gasteiger charge is -2.28. The molecule has 372 valence electrons. The molecule has 16 rings (SSSR count). The van der Waals surface area contributed by atoms with Crippen LogP contribution in [0.4, 0.5) is 17.1 Å². The number of hydrogen-bond acceptors (Lipinski definition) is 2. The van der Waals surface area contributed by atoms with Crippen molar-refractivity contribution >= 4 is 82.6 Å². The van der Waals surface area contributed by atoms with Gasteiger partial charge in [-0.15, -0.1) is 0 Å². The molecule has 4 heteroatoms. The van der Waals surface area contributed by atoms with E-state index in [0.717, 1.165) is 61.4 Å². The van der Waals surface area contributed by atoms with Crippen molar-refractivity contribution in [1.29, 1.82) is 0 Å². The summed E-state index contributed by atoms with van der Waals surface area (Å²) in [5, 5.41) is 7.30. The highest BCUT2D eigenvalue weighted by molar-refractivity contribution is 6.11. The zero-order valence-electron chi connectivity index (χ0n) is 43.7. The van der Waals surface area contributed by atoms with Crippen LogP contribution in [0.25, 0.3) is 121 Å². The quantitative estimate of drug-likeness (QED) is 0.152. The van der Waals surface area contributed by atoms with Crippen LogP contribution in [-0.4, -0.2) is 9.13 Å². The van der Waals surface area contributed by atoms with E-state index in [2.05, 4.69) is 289 Å². The van der Waals surface area contributed by atoms with Crippen molar-refractivity contribution in [3.63, 3.8) is 0 Å². The van der Waals surface area contributed by atoms with Gasteiger partial charge in [0.05, 0.1) is 22.1 Å². The van der Waals surface area contributed by atoms with Crippen molar-refractivity contribution in [2.24, 2.45) is 0 Å². The number of hydrogen-bond donors (Lipinski definition) is 0. The van der Waals surface area contributed by atoms with Gasteiger partial charge in [-0.2, -0.15) is 0 Å². The van der Waals surface area contributed by atoms with Crippen LogP contribution in [0, 0.1) is 0 Å². The minimum absolute atomic E-state index is 0.259. The zero-order chi connectivity index (χ0) is 52.3. The molecular formula is C75H51N3O. The highest BCUT2D eigenvalue weighted by Crippen LogP contribution is 2.52. The molecule has 3 aromatic heterocycles. The Kier molecular flexibility index (Phi) is 9.95. The molecule has 3 heterocycles. The molecule has 0 saturated carbocycles. The maximum atomic E-state index is 6.20. The fraction of sp³-hybridized carbons (Fsp3) is 0.0400. The number of nitrogens with zero attached hydrogens (tertiary/aromatic N) is 3. The van der Waals surface area contributed by atoms with E-state index in [1.54, 1.807) is 0 Å². The van der Waals surface area contributed by atoms with Crippen LogP contribution in [-0.2, 0) is 5.41 Å². The molecule has 15 aromatic rings. The summed E-state index contributed by atoms with van der Waals surface area (Å²) in [5.74, 6) is 0. The molecule has 0 unspecified atom stereocenters. The van der Waals surface area contributed by atoms with E-state index in [1.807, 2.05) is 12.1 Å². The van der Waals surface area contributed by atoms with E-state index >= 15 is 0 Å². The predicted octanol–water partition coefficient (Wildman–Crippen LogP) is 20.6. The van der Waals surface area contributed by atoms with Crippen LogP contribution in [0.3, 0.4) is 0 Å². The third-order valence-corrected chi connectivity index (χ3v) is 16.9. The van der Waals surface area contributed by atoms with Crippen LogP contribution < -0.4 is 4.90 Å². The molecule has 12 aromatic carbocycles. The van der Waals surface area contributed by atoms with Gasteiger partial charge in [0, 0.05) is 66.2 Å². The highest BCUT2D eigenvalue weighted by Gasteiger charge is 2.36. The molecule has 0 atom stereocenters. The monoisotopic (exact) mass is 1010 g/mol. The molecule has 0 amide bonds. The van der Waals surface area contributed by atoms with E-state index in [4.69, 9.17) is 4.42 Å². The lowest BCUT2D eigenvalue weighted by atomic mass is 9.81. The summed E-state index contributed by atoms with van der Waals surface area (Å²) < 4.78 is 11.0. The SMILES string of the molecule is CC1(C)c2cc(-c3ccc4c(c3)c3ccccc3n4-c3ccccc3)ccc2-c2ccc(N(c3ccc(-c4ccc(-n5c6ccccc6c6ccccc65)cc4)cc3)c3ccc(-c4ccc5oc6ccccc6c5c4)cc3)cc21. The number of furan rings is 1. The second kappa shape index (κ2) is 17.4. The standard InChI is InChI=1S/C75H51N3O/c1-75(2)67-46-53(52-31-42-72-65(44-52)63-18-8-12-22-71(63)77(72)54-14-4-3-5-15-54)30-40-59(67)60-41-39-58(47-68(60)75)76(56-35-28-50(29-36-56)51-32-43-74-66(45-51)64-19-9-13-23-73(64)79-74)55-33-24-48(25-34-55)49-26-37-57(38-27-49)78-69-20-10-6-16-61(69)62-17-7-11-21-70(62)78/h3-47H,1-2H3. The first-order valence-electron chi connectivity index (χ1n) is 27.3. The van der Waals surface area contributed by atoms with Gasteiger partial charge in [0.2, 0.25) is 0 Å². The van der Waals surface area contributed by atoms with Gasteiger partial charge in [-0.3, -0.25) is 0 Å². The van der Waals surface area contributed by atoms with E-state index in [-0.39, 0.29) is 5.41 Å². The minimum atomic E-state index is -0.259. The lowest BCUT2D eigenvalue weighted by molar-refractivity contribution is 0.660. The molecule has 0 saturated heterocycles. The van der Waals surface area contributed by atoms with Gasteiger partial charge in [0.1, 0.15) is 11.2 Å². The van der Waals surface area contributed by atoms with Gasteiger partial charge in [-0.05, 0) is 171 Å². The Balaban J connectivity index is 0.763. The number of fused-ring (bicyclic) bond motifs is 12. The maximum absolute atomic E-state index is 6.20. The van der Waals surface area contributed by atoms with E-state index in [1.165, 1.54) is 88.2 Å². The molecule has 1 aliphatic carbocycles. The molecular weight excluding hydrogens is 959 g/mol. The molecule has 1 aliphatic rings. The third-order valence-electron chi connectivity index (χ3n) is 16.9. The Labute approximate surface area is 457 Å². The topological polar surface area (TPSA) is 26.2 Å². The van der Waals surface area contributed by atoms with Crippen LogP contribution in [0.15, 0.2) is 277 Å². The fourth-order valence-electron chi connectivity index (χ4n) is 13.0. The molecule has 0 bridgehead atoms. The van der Waals surface area contributed by atoms with Crippen LogP contribution >= 0.6 is 0 Å². The number of anilines is 3. The van der Waals surface area contributed by atoms with Gasteiger partial charge >= 0.3 is 0 Å². The summed E-state index contributed by atoms with van der Waals surface area (Å²) in [6, 6.07) is 100.0. The summed E-state index contributed by atoms with van der Waals surface area (Å²) in [6.07, 6.45) is 0. The Hall–Kier alpha value is -10.2. The largest absolute Gasteiger partial charge is 0.456 e. The molecule has 0 aliphatic heterocycles. The lowest BCUT2D eigenvalue weighted by Crippen LogP contribution is -2.16. The van der Waals surface area contributed by atoms with Gasteiger partial charge in [-0.1, -0.05) is 172 Å². The zero-order valence-corrected chi connectivity index (χ0v) is 43.7. The van der Waals surface area contributed by atoms with Crippen molar-refractivity contribution in [3.8, 4) is 55.9 Å². The first-order chi connectivity index (χ1) is 38.9. The smallest absolute Gasteiger partial charge is 0.135 e. The van der Waals surface area contributed by atoms with Crippen molar-refractivity contribution < 1.29 is 4.42 Å². The summed E-state index contributed by atoms with van der Waals surface area (Å²) >= 11 is 0. The summed E-state index contributed by atoms with van der Waals surface area (Å²) in [5.41, 5.74) is 24.3. The van der Waals surface area contributed by atoms with Gasteiger partial charge in [0.25, 0.3) is 0 Å². The number of rotatable bonds is 8. The average Bonchev–Trinajstić information content (AvgIpc) is 4.36. The Morgan fingerprint density at radius 3 is 1.34 bits per heavy atom. The first-order valence-corrected chi connectivity index (χ1v) is 27.3. The van der Waals surface area contributed by atoms with Crippen LogP contribution in [0.2, 0.25) is 0 Å². The average molecular weight is 1010 g/mol. The van der Waals surface area contributed by atoms with Gasteiger partial charge in [-0.25, -0.2) is 0 Å². The Morgan fingerprint density at radius 2 is 0.696 bits per heavy atom. The fourth-order valence-corrected chi connectivity index (χ4v) is 13.0. The first kappa shape index (κ1) is 45.1. The van der Waals surface area contributed by atoms with Gasteiger partial charge < -0.3 is 18.5 Å². The van der Waals surface area contributed by atoms with Crippen molar-refractivity contribution in [3.05, 3.63) is 284 Å². The Bertz CT molecular complexity index is 4850.